The van der Waals surface area contributed by atoms with Crippen molar-refractivity contribution in [3.63, 3.8) is 0 Å². The van der Waals surface area contributed by atoms with Crippen LogP contribution < -0.4 is 15.9 Å². The first-order valence-corrected chi connectivity index (χ1v) is 8.60. The Morgan fingerprint density at radius 3 is 2.56 bits per heavy atom. The summed E-state index contributed by atoms with van der Waals surface area (Å²) in [7, 11) is 0. The summed E-state index contributed by atoms with van der Waals surface area (Å²) >= 11 is 1.11. The molecule has 0 radical (unpaired) electrons. The average Bonchev–Trinajstić information content (AvgIpc) is 3.02. The molecule has 2 aromatic heterocycles. The second-order valence-corrected chi connectivity index (χ2v) is 6.09. The van der Waals surface area contributed by atoms with Crippen molar-refractivity contribution in [1.82, 2.24) is 19.9 Å². The number of hydrogen-bond donors (Lipinski definition) is 2. The van der Waals surface area contributed by atoms with Crippen molar-refractivity contribution >= 4 is 23.4 Å². The SMILES string of the molecule is Nn1c(SCC(=O)Nc2ccc(OC(F)F)cc2)nnc1-c1ccncc1. The van der Waals surface area contributed by atoms with Crippen LogP contribution in [-0.2, 0) is 4.79 Å². The summed E-state index contributed by atoms with van der Waals surface area (Å²) in [4.78, 5) is 16.0. The first kappa shape index (κ1) is 18.6. The van der Waals surface area contributed by atoms with Gasteiger partial charge in [0.15, 0.2) is 5.82 Å². The number of nitrogens with two attached hydrogens (primary N) is 1. The number of halogens is 2. The number of benzene rings is 1. The zero-order valence-electron chi connectivity index (χ0n) is 13.8. The van der Waals surface area contributed by atoms with Crippen LogP contribution in [0.3, 0.4) is 0 Å². The van der Waals surface area contributed by atoms with Crippen molar-refractivity contribution < 1.29 is 18.3 Å². The Morgan fingerprint density at radius 2 is 1.89 bits per heavy atom. The van der Waals surface area contributed by atoms with Gasteiger partial charge >= 0.3 is 6.61 Å². The summed E-state index contributed by atoms with van der Waals surface area (Å²) < 4.78 is 29.8. The lowest BCUT2D eigenvalue weighted by atomic mass is 10.2. The molecule has 0 atom stereocenters. The van der Waals surface area contributed by atoms with Gasteiger partial charge in [0, 0.05) is 23.6 Å². The minimum atomic E-state index is -2.90. The van der Waals surface area contributed by atoms with Crippen molar-refractivity contribution in [3.8, 4) is 17.1 Å². The molecule has 0 aliphatic heterocycles. The summed E-state index contributed by atoms with van der Waals surface area (Å²) in [5.41, 5.74) is 1.20. The van der Waals surface area contributed by atoms with Crippen LogP contribution in [0.25, 0.3) is 11.4 Å². The van der Waals surface area contributed by atoms with E-state index in [1.807, 2.05) is 0 Å². The van der Waals surface area contributed by atoms with Crippen LogP contribution in [0.4, 0.5) is 14.5 Å². The van der Waals surface area contributed by atoms with Gasteiger partial charge in [0.1, 0.15) is 5.75 Å². The summed E-state index contributed by atoms with van der Waals surface area (Å²) in [6.07, 6.45) is 3.23. The highest BCUT2D eigenvalue weighted by Crippen LogP contribution is 2.22. The van der Waals surface area contributed by atoms with E-state index in [9.17, 15) is 13.6 Å². The largest absolute Gasteiger partial charge is 0.435 e. The lowest BCUT2D eigenvalue weighted by molar-refractivity contribution is -0.113. The van der Waals surface area contributed by atoms with Crippen molar-refractivity contribution in [1.29, 1.82) is 0 Å². The van der Waals surface area contributed by atoms with Gasteiger partial charge in [-0.1, -0.05) is 11.8 Å². The van der Waals surface area contributed by atoms with Gasteiger partial charge in [0.2, 0.25) is 11.1 Å². The molecule has 3 rings (SSSR count). The van der Waals surface area contributed by atoms with E-state index in [-0.39, 0.29) is 17.4 Å². The Bertz CT molecular complexity index is 905. The molecule has 0 unspecified atom stereocenters. The lowest BCUT2D eigenvalue weighted by Gasteiger charge is -2.07. The fourth-order valence-electron chi connectivity index (χ4n) is 2.12. The Labute approximate surface area is 156 Å². The standard InChI is InChI=1S/C16H14F2N6O2S/c17-15(18)26-12-3-1-11(2-4-12)21-13(25)9-27-16-23-22-14(24(16)19)10-5-7-20-8-6-10/h1-8,15H,9,19H2,(H,21,25). The summed E-state index contributed by atoms with van der Waals surface area (Å²) in [5.74, 6) is 6.17. The maximum atomic E-state index is 12.1. The molecule has 0 saturated heterocycles. The Morgan fingerprint density at radius 1 is 1.19 bits per heavy atom. The molecular formula is C16H14F2N6O2S. The van der Waals surface area contributed by atoms with E-state index in [1.54, 1.807) is 24.5 Å². The van der Waals surface area contributed by atoms with Crippen LogP contribution in [0.15, 0.2) is 53.9 Å². The Hall–Kier alpha value is -3.21. The molecule has 0 fully saturated rings. The summed E-state index contributed by atoms with van der Waals surface area (Å²) in [6, 6.07) is 9.10. The number of pyridine rings is 1. The number of aromatic nitrogens is 4. The molecule has 0 aliphatic rings. The maximum Gasteiger partial charge on any atom is 0.387 e. The van der Waals surface area contributed by atoms with Crippen LogP contribution in [0, 0.1) is 0 Å². The number of nitrogens with one attached hydrogen (secondary N) is 1. The highest BCUT2D eigenvalue weighted by molar-refractivity contribution is 7.99. The zero-order chi connectivity index (χ0) is 19.2. The molecule has 0 spiro atoms. The smallest absolute Gasteiger partial charge is 0.387 e. The fourth-order valence-corrected chi connectivity index (χ4v) is 2.78. The minimum absolute atomic E-state index is 0.0113. The number of amides is 1. The molecule has 27 heavy (non-hydrogen) atoms. The zero-order valence-corrected chi connectivity index (χ0v) is 14.6. The molecule has 3 N–H and O–H groups in total. The van der Waals surface area contributed by atoms with E-state index >= 15 is 0 Å². The van der Waals surface area contributed by atoms with E-state index in [0.717, 1.165) is 17.3 Å². The number of hydrogen-bond acceptors (Lipinski definition) is 7. The predicted molar refractivity (Wildman–Crippen MR) is 95.8 cm³/mol. The number of carbonyl (C=O) groups is 1. The molecule has 0 aliphatic carbocycles. The monoisotopic (exact) mass is 392 g/mol. The molecule has 1 aromatic carbocycles. The molecule has 11 heteroatoms. The molecule has 0 saturated carbocycles. The maximum absolute atomic E-state index is 12.1. The van der Waals surface area contributed by atoms with E-state index in [0.29, 0.717) is 16.7 Å². The second-order valence-electron chi connectivity index (χ2n) is 5.15. The Kier molecular flexibility index (Phi) is 5.81. The van der Waals surface area contributed by atoms with Crippen LogP contribution in [0.2, 0.25) is 0 Å². The third kappa shape index (κ3) is 4.91. The van der Waals surface area contributed by atoms with E-state index in [4.69, 9.17) is 5.84 Å². The molecule has 8 nitrogen and oxygen atoms in total. The Balaban J connectivity index is 1.56. The molecule has 2 heterocycles. The van der Waals surface area contributed by atoms with Crippen molar-refractivity contribution in [3.05, 3.63) is 48.8 Å². The quantitative estimate of drug-likeness (QED) is 0.469. The first-order valence-electron chi connectivity index (χ1n) is 7.61. The highest BCUT2D eigenvalue weighted by Gasteiger charge is 2.14. The van der Waals surface area contributed by atoms with Crippen LogP contribution in [0.1, 0.15) is 0 Å². The van der Waals surface area contributed by atoms with Crippen LogP contribution in [0.5, 0.6) is 5.75 Å². The van der Waals surface area contributed by atoms with Gasteiger partial charge in [-0.2, -0.15) is 8.78 Å². The van der Waals surface area contributed by atoms with Gasteiger partial charge < -0.3 is 15.9 Å². The lowest BCUT2D eigenvalue weighted by Crippen LogP contribution is -2.16. The summed E-state index contributed by atoms with van der Waals surface area (Å²) in [5, 5.41) is 11.0. The predicted octanol–water partition coefficient (Wildman–Crippen LogP) is 2.39. The number of nitrogens with zero attached hydrogens (tertiary/aromatic N) is 4. The van der Waals surface area contributed by atoms with Crippen LogP contribution >= 0.6 is 11.8 Å². The molecule has 1 amide bonds. The topological polar surface area (TPSA) is 108 Å². The van der Waals surface area contributed by atoms with E-state index in [2.05, 4.69) is 25.2 Å². The van der Waals surface area contributed by atoms with Gasteiger partial charge in [0.25, 0.3) is 0 Å². The number of alkyl halides is 2. The van der Waals surface area contributed by atoms with E-state index in [1.165, 1.54) is 28.9 Å². The molecule has 3 aromatic rings. The molecule has 0 bridgehead atoms. The number of ether oxygens (including phenoxy) is 1. The van der Waals surface area contributed by atoms with Gasteiger partial charge in [-0.25, -0.2) is 4.68 Å². The van der Waals surface area contributed by atoms with Crippen LogP contribution in [-0.4, -0.2) is 38.1 Å². The van der Waals surface area contributed by atoms with Gasteiger partial charge in [-0.3, -0.25) is 9.78 Å². The average molecular weight is 392 g/mol. The van der Waals surface area contributed by atoms with Gasteiger partial charge in [-0.15, -0.1) is 10.2 Å². The van der Waals surface area contributed by atoms with Gasteiger partial charge in [-0.05, 0) is 36.4 Å². The van der Waals surface area contributed by atoms with Crippen molar-refractivity contribution in [2.45, 2.75) is 11.8 Å². The fraction of sp³-hybridized carbons (Fsp3) is 0.125. The van der Waals surface area contributed by atoms with Crippen molar-refractivity contribution in [2.24, 2.45) is 0 Å². The third-order valence-electron chi connectivity index (χ3n) is 3.30. The first-order chi connectivity index (χ1) is 13.0. The van der Waals surface area contributed by atoms with Gasteiger partial charge in [0.05, 0.1) is 5.75 Å². The summed E-state index contributed by atoms with van der Waals surface area (Å²) in [6.45, 7) is -2.90. The number of rotatable bonds is 7. The molecular weight excluding hydrogens is 378 g/mol. The highest BCUT2D eigenvalue weighted by atomic mass is 32.2. The normalized spacial score (nSPS) is 10.8. The minimum Gasteiger partial charge on any atom is -0.435 e. The number of carbonyl (C=O) groups excluding carboxylic acids is 1. The van der Waals surface area contributed by atoms with Crippen molar-refractivity contribution in [2.75, 3.05) is 16.9 Å². The molecule has 140 valence electrons. The second kappa shape index (κ2) is 8.45. The number of anilines is 1. The number of nitrogen functional groups attached to an aromatic ring is 1. The third-order valence-corrected chi connectivity index (χ3v) is 4.24. The van der Waals surface area contributed by atoms with E-state index < -0.39 is 6.61 Å². The number of thioether (sulfide) groups is 1.